The Morgan fingerprint density at radius 1 is 1.29 bits per heavy atom. The predicted molar refractivity (Wildman–Crippen MR) is 28.6 cm³/mol. The van der Waals surface area contributed by atoms with Crippen molar-refractivity contribution in [3.63, 3.8) is 0 Å². The van der Waals surface area contributed by atoms with Gasteiger partial charge in [0.05, 0.1) is 0 Å². The predicted octanol–water partition coefficient (Wildman–Crippen LogP) is 1.16. The van der Waals surface area contributed by atoms with Crippen LogP contribution in [0.5, 0.6) is 0 Å². The van der Waals surface area contributed by atoms with E-state index in [4.69, 9.17) is 5.11 Å². The number of halogens is 4. The largest absolute Gasteiger partial charge is 0.411 e. The minimum Gasteiger partial charge on any atom is -0.387 e. The van der Waals surface area contributed by atoms with Crippen molar-refractivity contribution in [3.05, 3.63) is 0 Å². The van der Waals surface area contributed by atoms with Crippen molar-refractivity contribution < 1.29 is 18.3 Å². The van der Waals surface area contributed by atoms with Gasteiger partial charge in [-0.05, 0) is 0 Å². The molecule has 46 valence electrons. The minimum atomic E-state index is -4.40. The highest BCUT2D eigenvalue weighted by Gasteiger charge is 2.24. The van der Waals surface area contributed by atoms with Gasteiger partial charge in [0.15, 0.2) is 0 Å². The zero-order valence-corrected chi connectivity index (χ0v) is 5.53. The molecule has 0 rings (SSSR count). The van der Waals surface area contributed by atoms with Crippen molar-refractivity contribution in [1.82, 2.24) is 0 Å². The van der Waals surface area contributed by atoms with E-state index in [9.17, 15) is 13.2 Å². The summed E-state index contributed by atoms with van der Waals surface area (Å²) in [5, 5.41) is 7.28. The average molecular weight is 228 g/mol. The third kappa shape index (κ3) is 10.7. The van der Waals surface area contributed by atoms with Crippen LogP contribution in [0.15, 0.2) is 0 Å². The number of alkyl halides is 3. The molecule has 0 aliphatic heterocycles. The van der Waals surface area contributed by atoms with Crippen molar-refractivity contribution >= 4 is 24.0 Å². The van der Waals surface area contributed by atoms with E-state index in [1.54, 1.807) is 0 Å². The highest BCUT2D eigenvalue weighted by atomic mass is 127. The molecular formula is C2H4F3IO. The molecule has 0 aliphatic rings. The molecule has 0 amide bonds. The lowest BCUT2D eigenvalue weighted by atomic mass is 10.7. The van der Waals surface area contributed by atoms with E-state index in [1.807, 2.05) is 0 Å². The molecule has 7 heavy (non-hydrogen) atoms. The highest BCUT2D eigenvalue weighted by Crippen LogP contribution is 2.11. The number of aliphatic hydroxyl groups is 1. The summed E-state index contributed by atoms with van der Waals surface area (Å²) in [6.07, 6.45) is -4.40. The van der Waals surface area contributed by atoms with Gasteiger partial charge in [0.25, 0.3) is 0 Å². The van der Waals surface area contributed by atoms with Crippen LogP contribution in [-0.2, 0) is 0 Å². The van der Waals surface area contributed by atoms with E-state index in [1.165, 1.54) is 0 Å². The molecule has 0 heterocycles. The van der Waals surface area contributed by atoms with Crippen LogP contribution in [0.25, 0.3) is 0 Å². The molecule has 0 aliphatic carbocycles. The monoisotopic (exact) mass is 228 g/mol. The van der Waals surface area contributed by atoms with Crippen molar-refractivity contribution in [2.75, 3.05) is 6.61 Å². The van der Waals surface area contributed by atoms with Gasteiger partial charge >= 0.3 is 6.18 Å². The molecule has 0 aromatic heterocycles. The fraction of sp³-hybridized carbons (Fsp3) is 1.00. The Morgan fingerprint density at radius 3 is 1.43 bits per heavy atom. The number of rotatable bonds is 0. The Bertz CT molecular complexity index is 42.7. The maximum atomic E-state index is 10.5. The van der Waals surface area contributed by atoms with Crippen LogP contribution in [0.3, 0.4) is 0 Å². The van der Waals surface area contributed by atoms with Gasteiger partial charge in [-0.3, -0.25) is 0 Å². The first kappa shape index (κ1) is 10.5. The fourth-order valence-corrected chi connectivity index (χ4v) is 0. The van der Waals surface area contributed by atoms with Crippen molar-refractivity contribution in [2.24, 2.45) is 0 Å². The Kier molecular flexibility index (Phi) is 5.20. The fourth-order valence-electron chi connectivity index (χ4n) is 0. The normalized spacial score (nSPS) is 10.3. The van der Waals surface area contributed by atoms with Gasteiger partial charge in [-0.25, -0.2) is 0 Å². The van der Waals surface area contributed by atoms with Gasteiger partial charge in [-0.2, -0.15) is 13.2 Å². The molecule has 0 spiro atoms. The molecule has 0 bridgehead atoms. The van der Waals surface area contributed by atoms with E-state index >= 15 is 0 Å². The standard InChI is InChI=1S/C2H3F3O.HI/c3-2(4,5)1-6;/h6H,1H2;1H. The lowest BCUT2D eigenvalue weighted by Crippen LogP contribution is -2.12. The van der Waals surface area contributed by atoms with Gasteiger partial charge in [-0.15, -0.1) is 24.0 Å². The van der Waals surface area contributed by atoms with Crippen LogP contribution in [0, 0.1) is 0 Å². The molecule has 0 aromatic rings. The maximum Gasteiger partial charge on any atom is 0.411 e. The summed E-state index contributed by atoms with van der Waals surface area (Å²) in [5.74, 6) is 0. The number of aliphatic hydroxyl groups excluding tert-OH is 1. The molecule has 0 atom stereocenters. The summed E-state index contributed by atoms with van der Waals surface area (Å²) in [6, 6.07) is 0. The second-order valence-electron chi connectivity index (χ2n) is 0.773. The first-order valence-corrected chi connectivity index (χ1v) is 1.24. The van der Waals surface area contributed by atoms with Gasteiger partial charge in [0.1, 0.15) is 6.61 Å². The molecule has 1 nitrogen and oxygen atoms in total. The molecule has 5 heteroatoms. The van der Waals surface area contributed by atoms with Crippen LogP contribution < -0.4 is 0 Å². The third-order valence-electron chi connectivity index (χ3n) is 0.179. The summed E-state index contributed by atoms with van der Waals surface area (Å²) >= 11 is 0. The average Bonchev–Trinajstić information content (AvgIpc) is 1.35. The smallest absolute Gasteiger partial charge is 0.387 e. The van der Waals surface area contributed by atoms with E-state index in [0.717, 1.165) is 0 Å². The summed E-state index contributed by atoms with van der Waals surface area (Å²) in [6.45, 7) is -1.73. The number of hydrogen-bond donors (Lipinski definition) is 1. The second-order valence-corrected chi connectivity index (χ2v) is 0.773. The first-order chi connectivity index (χ1) is 2.56. The first-order valence-electron chi connectivity index (χ1n) is 1.24. The molecule has 0 fully saturated rings. The zero-order chi connectivity index (χ0) is 5.21. The van der Waals surface area contributed by atoms with Crippen LogP contribution >= 0.6 is 24.0 Å². The Balaban J connectivity index is 0. The van der Waals surface area contributed by atoms with Gasteiger partial charge < -0.3 is 5.11 Å². The van der Waals surface area contributed by atoms with Crippen LogP contribution in [0.2, 0.25) is 0 Å². The maximum absolute atomic E-state index is 10.5. The van der Waals surface area contributed by atoms with Crippen LogP contribution in [0.1, 0.15) is 0 Å². The molecule has 1 N–H and O–H groups in total. The van der Waals surface area contributed by atoms with E-state index in [0.29, 0.717) is 0 Å². The van der Waals surface area contributed by atoms with Crippen molar-refractivity contribution in [1.29, 1.82) is 0 Å². The SMILES string of the molecule is I.OCC(F)(F)F. The second kappa shape index (κ2) is 3.48. The molecular weight excluding hydrogens is 224 g/mol. The topological polar surface area (TPSA) is 20.2 Å². The number of hydrogen-bond acceptors (Lipinski definition) is 1. The molecule has 0 radical (unpaired) electrons. The molecule has 0 aromatic carbocycles. The lowest BCUT2D eigenvalue weighted by Gasteiger charge is -1.95. The molecule has 0 saturated heterocycles. The summed E-state index contributed by atoms with van der Waals surface area (Å²) < 4.78 is 31.6. The van der Waals surface area contributed by atoms with Crippen LogP contribution in [-0.4, -0.2) is 17.9 Å². The van der Waals surface area contributed by atoms with Crippen molar-refractivity contribution in [3.8, 4) is 0 Å². The molecule has 0 unspecified atom stereocenters. The van der Waals surface area contributed by atoms with E-state index in [2.05, 4.69) is 0 Å². The lowest BCUT2D eigenvalue weighted by molar-refractivity contribution is -0.159. The van der Waals surface area contributed by atoms with Gasteiger partial charge in [0, 0.05) is 0 Å². The van der Waals surface area contributed by atoms with Crippen molar-refractivity contribution in [2.45, 2.75) is 6.18 Å². The summed E-state index contributed by atoms with van der Waals surface area (Å²) in [5.41, 5.74) is 0. The molecule has 0 saturated carbocycles. The van der Waals surface area contributed by atoms with Crippen LogP contribution in [0.4, 0.5) is 13.2 Å². The summed E-state index contributed by atoms with van der Waals surface area (Å²) in [4.78, 5) is 0. The zero-order valence-electron chi connectivity index (χ0n) is 3.20. The van der Waals surface area contributed by atoms with Gasteiger partial charge in [0.2, 0.25) is 0 Å². The van der Waals surface area contributed by atoms with Gasteiger partial charge in [-0.1, -0.05) is 0 Å². The quantitative estimate of drug-likeness (QED) is 0.616. The minimum absolute atomic E-state index is 0. The Labute approximate surface area is 55.5 Å². The highest BCUT2D eigenvalue weighted by molar-refractivity contribution is 14.0. The summed E-state index contributed by atoms with van der Waals surface area (Å²) in [7, 11) is 0. The Morgan fingerprint density at radius 2 is 1.43 bits per heavy atom. The van der Waals surface area contributed by atoms with E-state index < -0.39 is 12.8 Å². The third-order valence-corrected chi connectivity index (χ3v) is 0.179. The van der Waals surface area contributed by atoms with E-state index in [-0.39, 0.29) is 24.0 Å². The Hall–Kier alpha value is 0.480.